The zero-order valence-corrected chi connectivity index (χ0v) is 14.7. The summed E-state index contributed by atoms with van der Waals surface area (Å²) >= 11 is 2.09. The van der Waals surface area contributed by atoms with Gasteiger partial charge in [-0.1, -0.05) is 12.1 Å². The van der Waals surface area contributed by atoms with E-state index in [1.165, 1.54) is 4.68 Å². The van der Waals surface area contributed by atoms with Crippen molar-refractivity contribution in [3.8, 4) is 0 Å². The fraction of sp³-hybridized carbons (Fsp3) is 0.267. The molecule has 1 aromatic carbocycles. The minimum absolute atomic E-state index is 0.261. The van der Waals surface area contributed by atoms with Gasteiger partial charge in [-0.3, -0.25) is 9.48 Å². The van der Waals surface area contributed by atoms with Crippen LogP contribution in [0.2, 0.25) is 0 Å². The molecule has 2 aromatic rings. The van der Waals surface area contributed by atoms with Gasteiger partial charge < -0.3 is 10.1 Å². The van der Waals surface area contributed by atoms with Crippen LogP contribution in [-0.4, -0.2) is 28.3 Å². The molecule has 6 nitrogen and oxygen atoms in total. The molecule has 1 N–H and O–H groups in total. The lowest BCUT2D eigenvalue weighted by Gasteiger charge is -2.09. The first kappa shape index (κ1) is 16.5. The number of aryl methyl sites for hydroxylation is 2. The van der Waals surface area contributed by atoms with Crippen LogP contribution in [0.25, 0.3) is 0 Å². The summed E-state index contributed by atoms with van der Waals surface area (Å²) in [5.41, 5.74) is 1.33. The minimum Gasteiger partial charge on any atom is -0.462 e. The van der Waals surface area contributed by atoms with Crippen LogP contribution in [-0.2, 0) is 11.8 Å². The summed E-state index contributed by atoms with van der Waals surface area (Å²) in [5, 5.41) is 6.93. The van der Waals surface area contributed by atoms with Crippen molar-refractivity contribution in [2.24, 2.45) is 7.05 Å². The highest BCUT2D eigenvalue weighted by molar-refractivity contribution is 14.1. The van der Waals surface area contributed by atoms with E-state index >= 15 is 0 Å². The highest BCUT2D eigenvalue weighted by Gasteiger charge is 2.23. The van der Waals surface area contributed by atoms with Crippen molar-refractivity contribution in [3.05, 3.63) is 44.7 Å². The molecule has 0 bridgehead atoms. The number of carbonyl (C=O) groups excluding carboxylic acids is 2. The van der Waals surface area contributed by atoms with E-state index in [-0.39, 0.29) is 18.1 Å². The average molecular weight is 413 g/mol. The molecule has 0 unspecified atom stereocenters. The summed E-state index contributed by atoms with van der Waals surface area (Å²) in [5.74, 6) is -0.453. The summed E-state index contributed by atoms with van der Waals surface area (Å²) in [4.78, 5) is 24.5. The van der Waals surface area contributed by atoms with E-state index in [1.54, 1.807) is 33.0 Å². The Kier molecular flexibility index (Phi) is 5.17. The summed E-state index contributed by atoms with van der Waals surface area (Å²) in [6, 6.07) is 7.22. The number of benzene rings is 1. The normalized spacial score (nSPS) is 10.4. The van der Waals surface area contributed by atoms with Crippen molar-refractivity contribution in [2.75, 3.05) is 11.9 Å². The number of nitrogens with zero attached hydrogens (tertiary/aromatic N) is 2. The summed E-state index contributed by atoms with van der Waals surface area (Å²) < 4.78 is 7.32. The first-order chi connectivity index (χ1) is 10.5. The minimum atomic E-state index is -0.494. The van der Waals surface area contributed by atoms with Crippen LogP contribution in [0.3, 0.4) is 0 Å². The van der Waals surface area contributed by atoms with Gasteiger partial charge in [-0.2, -0.15) is 5.10 Å². The van der Waals surface area contributed by atoms with Crippen LogP contribution >= 0.6 is 22.6 Å². The van der Waals surface area contributed by atoms with Crippen molar-refractivity contribution in [1.29, 1.82) is 0 Å². The van der Waals surface area contributed by atoms with Crippen LogP contribution in [0, 0.1) is 10.5 Å². The van der Waals surface area contributed by atoms with Gasteiger partial charge in [0.2, 0.25) is 0 Å². The molecule has 7 heteroatoms. The molecule has 0 fully saturated rings. The molecule has 116 valence electrons. The Bertz CT molecular complexity index is 725. The van der Waals surface area contributed by atoms with Gasteiger partial charge >= 0.3 is 5.97 Å². The topological polar surface area (TPSA) is 73.2 Å². The number of anilines is 1. The van der Waals surface area contributed by atoms with Crippen LogP contribution in [0.1, 0.15) is 33.3 Å². The van der Waals surface area contributed by atoms with Crippen LogP contribution in [0.4, 0.5) is 5.82 Å². The van der Waals surface area contributed by atoms with E-state index in [9.17, 15) is 9.59 Å². The molecule has 0 spiro atoms. The molecule has 0 aliphatic rings. The highest BCUT2D eigenvalue weighted by Crippen LogP contribution is 2.21. The first-order valence-electron chi connectivity index (χ1n) is 6.72. The zero-order valence-electron chi connectivity index (χ0n) is 12.5. The van der Waals surface area contributed by atoms with Crippen molar-refractivity contribution >= 4 is 40.3 Å². The van der Waals surface area contributed by atoms with Gasteiger partial charge in [0.05, 0.1) is 17.9 Å². The first-order valence-corrected chi connectivity index (χ1v) is 7.80. The summed E-state index contributed by atoms with van der Waals surface area (Å²) in [6.45, 7) is 3.69. The molecule has 0 aliphatic heterocycles. The lowest BCUT2D eigenvalue weighted by Crippen LogP contribution is -2.18. The van der Waals surface area contributed by atoms with Gasteiger partial charge in [0.1, 0.15) is 11.4 Å². The smallest absolute Gasteiger partial charge is 0.343 e. The van der Waals surface area contributed by atoms with E-state index in [4.69, 9.17) is 4.74 Å². The molecule has 1 aromatic heterocycles. The second kappa shape index (κ2) is 6.91. The molecule has 0 saturated carbocycles. The molecular formula is C15H16IN3O3. The maximum Gasteiger partial charge on any atom is 0.343 e. The molecule has 0 atom stereocenters. The van der Waals surface area contributed by atoms with Crippen LogP contribution in [0.15, 0.2) is 24.3 Å². The maximum absolute atomic E-state index is 12.4. The number of ether oxygens (including phenoxy) is 1. The molecular weight excluding hydrogens is 397 g/mol. The predicted molar refractivity (Wildman–Crippen MR) is 91.0 cm³/mol. The SMILES string of the molecule is CCOC(=O)c1c(C)nn(C)c1NC(=O)c1ccccc1I. The van der Waals surface area contributed by atoms with Gasteiger partial charge in [0.15, 0.2) is 0 Å². The Morgan fingerprint density at radius 3 is 2.68 bits per heavy atom. The molecule has 22 heavy (non-hydrogen) atoms. The predicted octanol–water partition coefficient (Wildman–Crippen LogP) is 2.76. The van der Waals surface area contributed by atoms with Crippen molar-refractivity contribution in [3.63, 3.8) is 0 Å². The summed E-state index contributed by atoms with van der Waals surface area (Å²) in [7, 11) is 1.67. The number of rotatable bonds is 4. The monoisotopic (exact) mass is 413 g/mol. The van der Waals surface area contributed by atoms with Gasteiger partial charge in [-0.25, -0.2) is 4.79 Å². The fourth-order valence-electron chi connectivity index (χ4n) is 2.07. The number of hydrogen-bond donors (Lipinski definition) is 1. The Labute approximate surface area is 142 Å². The van der Waals surface area contributed by atoms with E-state index in [0.717, 1.165) is 3.57 Å². The van der Waals surface area contributed by atoms with Gasteiger partial charge in [0, 0.05) is 10.6 Å². The standard InChI is InChI=1S/C15H16IN3O3/c1-4-22-15(21)12-9(2)18-19(3)13(12)17-14(20)10-7-5-6-8-11(10)16/h5-8H,4H2,1-3H3,(H,17,20). The van der Waals surface area contributed by atoms with E-state index in [2.05, 4.69) is 33.0 Å². The Balaban J connectivity index is 2.36. The molecule has 0 aliphatic carbocycles. The molecule has 0 radical (unpaired) electrons. The average Bonchev–Trinajstić information content (AvgIpc) is 2.74. The number of esters is 1. The number of hydrogen-bond acceptors (Lipinski definition) is 4. The lowest BCUT2D eigenvalue weighted by molar-refractivity contribution is 0.0526. The van der Waals surface area contributed by atoms with Crippen molar-refractivity contribution in [1.82, 2.24) is 9.78 Å². The molecule has 2 rings (SSSR count). The number of nitrogens with one attached hydrogen (secondary N) is 1. The Morgan fingerprint density at radius 1 is 1.36 bits per heavy atom. The molecule has 0 saturated heterocycles. The maximum atomic E-state index is 12.4. The Hall–Kier alpha value is -1.90. The lowest BCUT2D eigenvalue weighted by atomic mass is 10.2. The third-order valence-corrected chi connectivity index (χ3v) is 3.99. The third-order valence-electron chi connectivity index (χ3n) is 3.05. The second-order valence-electron chi connectivity index (χ2n) is 4.59. The number of aromatic nitrogens is 2. The van der Waals surface area contributed by atoms with Gasteiger partial charge in [-0.15, -0.1) is 0 Å². The fourth-order valence-corrected chi connectivity index (χ4v) is 2.70. The summed E-state index contributed by atoms with van der Waals surface area (Å²) in [6.07, 6.45) is 0. The highest BCUT2D eigenvalue weighted by atomic mass is 127. The van der Waals surface area contributed by atoms with E-state index < -0.39 is 5.97 Å². The van der Waals surface area contributed by atoms with Gasteiger partial charge in [0.25, 0.3) is 5.91 Å². The zero-order chi connectivity index (χ0) is 16.3. The Morgan fingerprint density at radius 2 is 2.05 bits per heavy atom. The van der Waals surface area contributed by atoms with Crippen LogP contribution < -0.4 is 5.32 Å². The van der Waals surface area contributed by atoms with E-state index in [0.29, 0.717) is 17.1 Å². The molecule has 1 amide bonds. The van der Waals surface area contributed by atoms with Gasteiger partial charge in [-0.05, 0) is 48.6 Å². The van der Waals surface area contributed by atoms with Crippen molar-refractivity contribution < 1.29 is 14.3 Å². The number of carbonyl (C=O) groups is 2. The molecule has 1 heterocycles. The van der Waals surface area contributed by atoms with Crippen molar-refractivity contribution in [2.45, 2.75) is 13.8 Å². The number of halogens is 1. The van der Waals surface area contributed by atoms with E-state index in [1.807, 2.05) is 12.1 Å². The second-order valence-corrected chi connectivity index (χ2v) is 5.75. The third kappa shape index (κ3) is 3.29. The number of amides is 1. The largest absolute Gasteiger partial charge is 0.462 e. The quantitative estimate of drug-likeness (QED) is 0.618. The van der Waals surface area contributed by atoms with Crippen LogP contribution in [0.5, 0.6) is 0 Å².